The van der Waals surface area contributed by atoms with Crippen molar-refractivity contribution in [2.75, 3.05) is 20.1 Å². The highest BCUT2D eigenvalue weighted by molar-refractivity contribution is 5.96. The van der Waals surface area contributed by atoms with Crippen molar-refractivity contribution in [2.45, 2.75) is 102 Å². The average Bonchev–Trinajstić information content (AvgIpc) is 3.25. The van der Waals surface area contributed by atoms with Crippen molar-refractivity contribution in [2.24, 2.45) is 5.92 Å². The number of nitrogens with one attached hydrogen (secondary N) is 6. The third-order valence-electron chi connectivity index (χ3n) is 10.9. The summed E-state index contributed by atoms with van der Waals surface area (Å²) in [7, 11) is 1.40. The maximum Gasteiger partial charge on any atom is 0.326 e. The monoisotopic (exact) mass is 857 g/mol. The van der Waals surface area contributed by atoms with E-state index < -0.39 is 84.2 Å². The second kappa shape index (κ2) is 24.0. The maximum atomic E-state index is 14.2. The van der Waals surface area contributed by atoms with Crippen molar-refractivity contribution in [3.8, 4) is 11.5 Å². The highest BCUT2D eigenvalue weighted by Gasteiger charge is 2.34. The molecule has 334 valence electrons. The fourth-order valence-corrected chi connectivity index (χ4v) is 6.98. The molecule has 4 rings (SSSR count). The standard InChI is InChI=1S/C45H59N7O10/c1-4-28(2)39-42(58)48-36(24-18-30-15-21-33(54)22-16-30)43(59)52(3)27-38(55)47-35(23-17-29-13-19-32(53)20-14-29)40(56)46-25-9-8-12-34(41(57)51-39)49-45(62)50-37(44(60)61)26-31-10-6-5-7-11-31/h5-7,10-11,13-16,19-22,28,34-37,39,53-54H,4,8-9,12,17-18,23-27H2,1-3H3,(H,46,56)(H,47,55)(H,48,58)(H,51,57)(H,60,61)(H2,49,50,62)/t28-,34+,35-,36-,37-,39-/m0/s1. The summed E-state index contributed by atoms with van der Waals surface area (Å²) in [6.45, 7) is 3.28. The molecule has 17 nitrogen and oxygen atoms in total. The second-order valence-corrected chi connectivity index (χ2v) is 15.7. The minimum Gasteiger partial charge on any atom is -0.508 e. The van der Waals surface area contributed by atoms with Gasteiger partial charge in [-0.3, -0.25) is 24.0 Å². The third kappa shape index (κ3) is 15.4. The van der Waals surface area contributed by atoms with Crippen molar-refractivity contribution in [1.29, 1.82) is 0 Å². The van der Waals surface area contributed by atoms with E-state index in [4.69, 9.17) is 0 Å². The Morgan fingerprint density at radius 1 is 0.758 bits per heavy atom. The number of carbonyl (C=O) groups is 7. The zero-order valence-electron chi connectivity index (χ0n) is 35.4. The first kappa shape index (κ1) is 48.0. The molecule has 7 amide bonds. The Morgan fingerprint density at radius 2 is 1.35 bits per heavy atom. The van der Waals surface area contributed by atoms with E-state index in [1.807, 2.05) is 6.92 Å². The number of rotatable bonds is 13. The molecular formula is C45H59N7O10. The molecule has 0 radical (unpaired) electrons. The summed E-state index contributed by atoms with van der Waals surface area (Å²) < 4.78 is 0. The van der Waals surface area contributed by atoms with Crippen LogP contribution < -0.4 is 31.9 Å². The lowest BCUT2D eigenvalue weighted by Gasteiger charge is -2.30. The fraction of sp³-hybridized carbons (Fsp3) is 0.444. The van der Waals surface area contributed by atoms with Gasteiger partial charge in [-0.15, -0.1) is 0 Å². The molecule has 3 aromatic carbocycles. The molecule has 3 aromatic rings. The lowest BCUT2D eigenvalue weighted by molar-refractivity contribution is -0.140. The van der Waals surface area contributed by atoms with Crippen LogP contribution in [0.25, 0.3) is 0 Å². The van der Waals surface area contributed by atoms with Gasteiger partial charge in [0.05, 0.1) is 6.54 Å². The van der Waals surface area contributed by atoms with Crippen LogP contribution in [0.15, 0.2) is 78.9 Å². The number of aromatic hydroxyl groups is 2. The molecule has 1 aliphatic rings. The van der Waals surface area contributed by atoms with Crippen LogP contribution in [0, 0.1) is 5.92 Å². The fourth-order valence-electron chi connectivity index (χ4n) is 6.98. The quantitative estimate of drug-likeness (QED) is 0.121. The van der Waals surface area contributed by atoms with Gasteiger partial charge in [0.2, 0.25) is 29.5 Å². The number of carboxylic acids is 1. The van der Waals surface area contributed by atoms with Gasteiger partial charge in [-0.05, 0) is 91.8 Å². The minimum absolute atomic E-state index is 0.0192. The largest absolute Gasteiger partial charge is 0.508 e. The molecule has 1 saturated heterocycles. The summed E-state index contributed by atoms with van der Waals surface area (Å²) in [5.41, 5.74) is 2.24. The van der Waals surface area contributed by atoms with Crippen LogP contribution in [0.5, 0.6) is 11.5 Å². The number of urea groups is 1. The van der Waals surface area contributed by atoms with Crippen molar-refractivity contribution >= 4 is 41.5 Å². The van der Waals surface area contributed by atoms with Gasteiger partial charge in [0.1, 0.15) is 41.7 Å². The molecule has 0 bridgehead atoms. The van der Waals surface area contributed by atoms with E-state index in [1.165, 1.54) is 31.3 Å². The molecule has 62 heavy (non-hydrogen) atoms. The number of phenols is 2. The Bertz CT molecular complexity index is 1980. The van der Waals surface area contributed by atoms with Crippen LogP contribution in [0.4, 0.5) is 4.79 Å². The molecular weight excluding hydrogens is 799 g/mol. The summed E-state index contributed by atoms with van der Waals surface area (Å²) in [6, 6.07) is 14.7. The number of carbonyl (C=O) groups excluding carboxylic acids is 6. The molecule has 0 saturated carbocycles. The summed E-state index contributed by atoms with van der Waals surface area (Å²) in [6.07, 6.45) is 2.04. The number of amides is 7. The van der Waals surface area contributed by atoms with Crippen molar-refractivity contribution in [1.82, 2.24) is 36.8 Å². The van der Waals surface area contributed by atoms with Gasteiger partial charge in [-0.25, -0.2) is 9.59 Å². The molecule has 0 spiro atoms. The number of phenolic OH excluding ortho intramolecular Hbond substituents is 2. The van der Waals surface area contributed by atoms with E-state index in [2.05, 4.69) is 31.9 Å². The predicted molar refractivity (Wildman–Crippen MR) is 230 cm³/mol. The number of hydrogen-bond acceptors (Lipinski definition) is 9. The molecule has 1 aliphatic heterocycles. The average molecular weight is 858 g/mol. The van der Waals surface area contributed by atoms with E-state index in [-0.39, 0.29) is 43.7 Å². The van der Waals surface area contributed by atoms with Gasteiger partial charge in [0.15, 0.2) is 0 Å². The maximum absolute atomic E-state index is 14.2. The Balaban J connectivity index is 1.62. The Hall–Kier alpha value is -6.65. The summed E-state index contributed by atoms with van der Waals surface area (Å²) in [5.74, 6) is -4.69. The molecule has 6 atom stereocenters. The molecule has 17 heteroatoms. The summed E-state index contributed by atoms with van der Waals surface area (Å²) in [4.78, 5) is 96.0. The predicted octanol–water partition coefficient (Wildman–Crippen LogP) is 2.29. The van der Waals surface area contributed by atoms with Gasteiger partial charge in [0, 0.05) is 20.0 Å². The van der Waals surface area contributed by atoms with Crippen molar-refractivity contribution in [3.05, 3.63) is 95.6 Å². The number of carboxylic acid groups (broad SMARTS) is 1. The summed E-state index contributed by atoms with van der Waals surface area (Å²) >= 11 is 0. The molecule has 9 N–H and O–H groups in total. The van der Waals surface area contributed by atoms with Crippen LogP contribution >= 0.6 is 0 Å². The Morgan fingerprint density at radius 3 is 1.94 bits per heavy atom. The van der Waals surface area contributed by atoms with Crippen LogP contribution in [-0.2, 0) is 48.0 Å². The molecule has 0 aromatic heterocycles. The molecule has 1 heterocycles. The van der Waals surface area contributed by atoms with E-state index in [0.29, 0.717) is 37.7 Å². The molecule has 1 fully saturated rings. The van der Waals surface area contributed by atoms with Gasteiger partial charge >= 0.3 is 12.0 Å². The number of hydrogen-bond donors (Lipinski definition) is 9. The van der Waals surface area contributed by atoms with E-state index in [9.17, 15) is 48.9 Å². The van der Waals surface area contributed by atoms with Crippen LogP contribution in [0.3, 0.4) is 0 Å². The van der Waals surface area contributed by atoms with E-state index >= 15 is 0 Å². The first-order chi connectivity index (χ1) is 29.6. The SMILES string of the molecule is CC[C@H](C)[C@@H]1NC(=O)[C@H](NC(=O)N[C@@H](Cc2ccccc2)C(=O)O)CCCCNC(=O)[C@H](CCc2ccc(O)cc2)NC(=O)CN(C)C(=O)[C@H](CCc2ccc(O)cc2)NC1=O. The highest BCUT2D eigenvalue weighted by Crippen LogP contribution is 2.16. The van der Waals surface area contributed by atoms with Crippen molar-refractivity contribution < 1.29 is 48.9 Å². The van der Waals surface area contributed by atoms with E-state index in [1.54, 1.807) is 61.5 Å². The number of aliphatic carboxylic acids is 1. The lowest BCUT2D eigenvalue weighted by atomic mass is 9.96. The zero-order chi connectivity index (χ0) is 45.2. The van der Waals surface area contributed by atoms with E-state index in [0.717, 1.165) is 16.0 Å². The zero-order valence-corrected chi connectivity index (χ0v) is 35.4. The third-order valence-corrected chi connectivity index (χ3v) is 10.9. The Labute approximate surface area is 361 Å². The van der Waals surface area contributed by atoms with Crippen LogP contribution in [0.1, 0.15) is 69.1 Å². The van der Waals surface area contributed by atoms with Crippen LogP contribution in [0.2, 0.25) is 0 Å². The van der Waals surface area contributed by atoms with Gasteiger partial charge < -0.3 is 52.1 Å². The lowest BCUT2D eigenvalue weighted by Crippen LogP contribution is -2.60. The second-order valence-electron chi connectivity index (χ2n) is 15.7. The van der Waals surface area contributed by atoms with Gasteiger partial charge in [-0.1, -0.05) is 74.9 Å². The molecule has 0 aliphatic carbocycles. The first-order valence-electron chi connectivity index (χ1n) is 21.0. The van der Waals surface area contributed by atoms with Crippen LogP contribution in [-0.4, -0.2) is 112 Å². The minimum atomic E-state index is -1.32. The van der Waals surface area contributed by atoms with Crippen molar-refractivity contribution in [3.63, 3.8) is 0 Å². The van der Waals surface area contributed by atoms with Gasteiger partial charge in [-0.2, -0.15) is 0 Å². The number of aryl methyl sites for hydroxylation is 2. The topological polar surface area (TPSA) is 256 Å². The van der Waals surface area contributed by atoms with Gasteiger partial charge in [0.25, 0.3) is 0 Å². The highest BCUT2D eigenvalue weighted by atomic mass is 16.4. The number of likely N-dealkylation sites (N-methyl/N-ethyl adjacent to an activating group) is 1. The number of benzene rings is 3. The smallest absolute Gasteiger partial charge is 0.326 e. The number of nitrogens with zero attached hydrogens (tertiary/aromatic N) is 1. The summed E-state index contributed by atoms with van der Waals surface area (Å²) in [5, 5.41) is 45.6. The first-order valence-corrected chi connectivity index (χ1v) is 21.0. The molecule has 0 unspecified atom stereocenters. The Kier molecular flexibility index (Phi) is 18.6. The normalized spacial score (nSPS) is 20.8.